The predicted octanol–water partition coefficient (Wildman–Crippen LogP) is 0.0101. The summed E-state index contributed by atoms with van der Waals surface area (Å²) in [7, 11) is 1.75. The number of para-hydroxylation sites is 1. The fraction of sp³-hybridized carbons (Fsp3) is 0.167. The van der Waals surface area contributed by atoms with Crippen molar-refractivity contribution in [2.45, 2.75) is 6.42 Å². The first-order valence-corrected chi connectivity index (χ1v) is 6.00. The summed E-state index contributed by atoms with van der Waals surface area (Å²) in [5.41, 5.74) is 0.352. The standard InChI is InChI=1S/C12H12N4O2S/c1-13-11(19)6-8-4-2-3-5-9(8)16-12(18)15-10(17)7-14-16/h2-5,7H,6H2,1H3,(H,13,19)(H,15,17,18). The maximum absolute atomic E-state index is 11.7. The molecule has 1 heterocycles. The summed E-state index contributed by atoms with van der Waals surface area (Å²) >= 11 is 5.12. The van der Waals surface area contributed by atoms with E-state index in [1.165, 1.54) is 0 Å². The van der Waals surface area contributed by atoms with Crippen molar-refractivity contribution in [1.82, 2.24) is 20.1 Å². The number of aromatic amines is 1. The Bertz CT molecular complexity index is 720. The third kappa shape index (κ3) is 2.94. The molecule has 1 aromatic carbocycles. The lowest BCUT2D eigenvalue weighted by Crippen LogP contribution is -2.31. The van der Waals surface area contributed by atoms with E-state index in [1.54, 1.807) is 19.2 Å². The Labute approximate surface area is 114 Å². The minimum atomic E-state index is -0.574. The van der Waals surface area contributed by atoms with Crippen LogP contribution in [0, 0.1) is 0 Å². The summed E-state index contributed by atoms with van der Waals surface area (Å²) in [6.07, 6.45) is 1.56. The summed E-state index contributed by atoms with van der Waals surface area (Å²) in [5, 5.41) is 6.72. The Morgan fingerprint density at radius 3 is 2.84 bits per heavy atom. The molecular weight excluding hydrogens is 264 g/mol. The van der Waals surface area contributed by atoms with Crippen molar-refractivity contribution in [2.75, 3.05) is 7.05 Å². The number of nitrogens with zero attached hydrogens (tertiary/aromatic N) is 2. The molecule has 7 heteroatoms. The first kappa shape index (κ1) is 13.2. The van der Waals surface area contributed by atoms with Crippen LogP contribution in [0.2, 0.25) is 0 Å². The molecule has 0 bridgehead atoms. The lowest BCUT2D eigenvalue weighted by atomic mass is 10.1. The lowest BCUT2D eigenvalue weighted by Gasteiger charge is -2.10. The topological polar surface area (TPSA) is 79.8 Å². The van der Waals surface area contributed by atoms with E-state index in [0.717, 1.165) is 16.4 Å². The van der Waals surface area contributed by atoms with E-state index < -0.39 is 11.2 Å². The van der Waals surface area contributed by atoms with Crippen molar-refractivity contribution in [3.63, 3.8) is 0 Å². The van der Waals surface area contributed by atoms with Crippen molar-refractivity contribution < 1.29 is 0 Å². The lowest BCUT2D eigenvalue weighted by molar-refractivity contribution is 0.744. The largest absolute Gasteiger partial charge is 0.382 e. The van der Waals surface area contributed by atoms with Crippen LogP contribution in [-0.4, -0.2) is 26.8 Å². The van der Waals surface area contributed by atoms with Gasteiger partial charge in [-0.3, -0.25) is 9.78 Å². The van der Waals surface area contributed by atoms with E-state index in [4.69, 9.17) is 12.2 Å². The molecule has 0 saturated heterocycles. The van der Waals surface area contributed by atoms with E-state index in [9.17, 15) is 9.59 Å². The number of hydrogen-bond donors (Lipinski definition) is 2. The zero-order valence-corrected chi connectivity index (χ0v) is 11.0. The monoisotopic (exact) mass is 276 g/mol. The third-order valence-corrected chi connectivity index (χ3v) is 2.91. The van der Waals surface area contributed by atoms with Crippen LogP contribution >= 0.6 is 12.2 Å². The van der Waals surface area contributed by atoms with E-state index in [-0.39, 0.29) is 0 Å². The van der Waals surface area contributed by atoms with Gasteiger partial charge >= 0.3 is 5.69 Å². The van der Waals surface area contributed by atoms with Gasteiger partial charge in [0.15, 0.2) is 0 Å². The van der Waals surface area contributed by atoms with Crippen molar-refractivity contribution >= 4 is 17.2 Å². The number of nitrogens with one attached hydrogen (secondary N) is 2. The fourth-order valence-electron chi connectivity index (χ4n) is 1.65. The number of hydrogen-bond acceptors (Lipinski definition) is 4. The molecule has 0 spiro atoms. The molecule has 0 aliphatic rings. The highest BCUT2D eigenvalue weighted by atomic mass is 32.1. The number of benzene rings is 1. The summed E-state index contributed by atoms with van der Waals surface area (Å²) in [5.74, 6) is 0. The van der Waals surface area contributed by atoms with Gasteiger partial charge in [-0.25, -0.2) is 4.79 Å². The molecule has 6 nitrogen and oxygen atoms in total. The Morgan fingerprint density at radius 1 is 1.42 bits per heavy atom. The highest BCUT2D eigenvalue weighted by molar-refractivity contribution is 7.80. The Morgan fingerprint density at radius 2 is 2.16 bits per heavy atom. The number of aromatic nitrogens is 3. The number of H-pyrrole nitrogens is 1. The van der Waals surface area contributed by atoms with E-state index in [1.807, 2.05) is 12.1 Å². The minimum Gasteiger partial charge on any atom is -0.382 e. The molecule has 2 rings (SSSR count). The normalized spacial score (nSPS) is 10.2. The first-order chi connectivity index (χ1) is 9.11. The Kier molecular flexibility index (Phi) is 3.86. The van der Waals surface area contributed by atoms with Crippen LogP contribution in [0.15, 0.2) is 40.1 Å². The first-order valence-electron chi connectivity index (χ1n) is 5.59. The maximum atomic E-state index is 11.7. The minimum absolute atomic E-state index is 0.495. The molecule has 19 heavy (non-hydrogen) atoms. The van der Waals surface area contributed by atoms with Gasteiger partial charge in [-0.1, -0.05) is 30.4 Å². The van der Waals surface area contributed by atoms with Gasteiger partial charge in [-0.2, -0.15) is 9.78 Å². The molecule has 0 aliphatic heterocycles. The molecule has 98 valence electrons. The van der Waals surface area contributed by atoms with Crippen LogP contribution in [-0.2, 0) is 6.42 Å². The van der Waals surface area contributed by atoms with Gasteiger partial charge in [-0.05, 0) is 11.6 Å². The molecule has 0 amide bonds. The van der Waals surface area contributed by atoms with Gasteiger partial charge < -0.3 is 5.32 Å². The van der Waals surface area contributed by atoms with Crippen LogP contribution in [0.25, 0.3) is 5.69 Å². The Balaban J connectivity index is 2.53. The van der Waals surface area contributed by atoms with Crippen LogP contribution in [0.4, 0.5) is 0 Å². The van der Waals surface area contributed by atoms with Gasteiger partial charge in [0.05, 0.1) is 10.7 Å². The number of rotatable bonds is 3. The van der Waals surface area contributed by atoms with Gasteiger partial charge in [0, 0.05) is 13.5 Å². The second-order valence-electron chi connectivity index (χ2n) is 3.83. The highest BCUT2D eigenvalue weighted by Gasteiger charge is 2.08. The molecular formula is C12H12N4O2S. The van der Waals surface area contributed by atoms with E-state index in [0.29, 0.717) is 17.1 Å². The van der Waals surface area contributed by atoms with Gasteiger partial charge in [0.25, 0.3) is 5.56 Å². The predicted molar refractivity (Wildman–Crippen MR) is 75.8 cm³/mol. The summed E-state index contributed by atoms with van der Waals surface area (Å²) in [4.78, 5) is 25.6. The SMILES string of the molecule is CNC(=S)Cc1ccccc1-n1ncc(=O)[nH]c1=O. The van der Waals surface area contributed by atoms with E-state index in [2.05, 4.69) is 15.4 Å². The second kappa shape index (κ2) is 5.57. The Hall–Kier alpha value is -2.28. The zero-order chi connectivity index (χ0) is 13.8. The summed E-state index contributed by atoms with van der Waals surface area (Å²) in [6, 6.07) is 7.26. The van der Waals surface area contributed by atoms with E-state index >= 15 is 0 Å². The van der Waals surface area contributed by atoms with Crippen LogP contribution in [0.1, 0.15) is 5.56 Å². The molecule has 1 aromatic heterocycles. The summed E-state index contributed by atoms with van der Waals surface area (Å²) < 4.78 is 1.15. The maximum Gasteiger partial charge on any atom is 0.349 e. The van der Waals surface area contributed by atoms with Crippen molar-refractivity contribution in [3.8, 4) is 5.69 Å². The molecule has 0 aliphatic carbocycles. The van der Waals surface area contributed by atoms with Crippen LogP contribution in [0.3, 0.4) is 0 Å². The number of thiocarbonyl (C=S) groups is 1. The van der Waals surface area contributed by atoms with Gasteiger partial charge in [0.2, 0.25) is 0 Å². The molecule has 0 saturated carbocycles. The van der Waals surface area contributed by atoms with Crippen LogP contribution < -0.4 is 16.6 Å². The second-order valence-corrected chi connectivity index (χ2v) is 4.32. The molecule has 0 unspecified atom stereocenters. The van der Waals surface area contributed by atoms with Crippen molar-refractivity contribution in [2.24, 2.45) is 0 Å². The average molecular weight is 276 g/mol. The summed E-state index contributed by atoms with van der Waals surface area (Å²) in [6.45, 7) is 0. The fourth-order valence-corrected chi connectivity index (χ4v) is 1.81. The third-order valence-electron chi connectivity index (χ3n) is 2.56. The van der Waals surface area contributed by atoms with Gasteiger partial charge in [0.1, 0.15) is 6.20 Å². The smallest absolute Gasteiger partial charge is 0.349 e. The quantitative estimate of drug-likeness (QED) is 0.772. The average Bonchev–Trinajstić information content (AvgIpc) is 2.40. The number of likely N-dealkylation sites (N-methyl/N-ethyl adjacent to an activating group) is 1. The van der Waals surface area contributed by atoms with Crippen LogP contribution in [0.5, 0.6) is 0 Å². The van der Waals surface area contributed by atoms with Crippen molar-refractivity contribution in [3.05, 3.63) is 56.9 Å². The molecule has 0 fully saturated rings. The van der Waals surface area contributed by atoms with Gasteiger partial charge in [-0.15, -0.1) is 0 Å². The molecule has 2 aromatic rings. The molecule has 0 radical (unpaired) electrons. The molecule has 2 N–H and O–H groups in total. The zero-order valence-electron chi connectivity index (χ0n) is 10.2. The van der Waals surface area contributed by atoms with Crippen molar-refractivity contribution in [1.29, 1.82) is 0 Å². The molecule has 0 atom stereocenters. The highest BCUT2D eigenvalue weighted by Crippen LogP contribution is 2.12.